The maximum atomic E-state index is 14.1. The molecule has 1 aliphatic heterocycles. The summed E-state index contributed by atoms with van der Waals surface area (Å²) >= 11 is 7.76. The molecular weight excluding hydrogens is 1520 g/mol. The number of hydrazine groups is 1. The molecule has 1 aliphatic rings. The predicted molar refractivity (Wildman–Crippen MR) is 396 cm³/mol. The van der Waals surface area contributed by atoms with Crippen LogP contribution < -0.4 is 59.4 Å². The van der Waals surface area contributed by atoms with Gasteiger partial charge in [-0.2, -0.15) is 0 Å². The average molecular weight is 1620 g/mol. The van der Waals surface area contributed by atoms with Crippen LogP contribution in [0.3, 0.4) is 0 Å². The largest absolute Gasteiger partial charge is 0.481 e. The third-order valence-electron chi connectivity index (χ3n) is 16.5. The van der Waals surface area contributed by atoms with Crippen molar-refractivity contribution >= 4 is 135 Å². The number of hydrogen-bond donors (Lipinski definition) is 19. The Bertz CT molecular complexity index is 3510. The van der Waals surface area contributed by atoms with Crippen molar-refractivity contribution in [2.45, 2.75) is 114 Å². The van der Waals surface area contributed by atoms with Crippen LogP contribution in [-0.2, 0) is 65.6 Å². The van der Waals surface area contributed by atoms with E-state index in [1.807, 2.05) is 29.6 Å². The molecule has 5 atom stereocenters. The quantitative estimate of drug-likeness (QED) is 0.0119. The molecule has 0 radical (unpaired) electrons. The maximum Gasteiger partial charge on any atom is 0.326 e. The molecule has 1 heterocycles. The lowest BCUT2D eigenvalue weighted by atomic mass is 10.0. The van der Waals surface area contributed by atoms with Gasteiger partial charge in [-0.1, -0.05) is 36.4 Å². The number of amides is 7. The Labute approximate surface area is 629 Å². The maximum absolute atomic E-state index is 14.1. The highest BCUT2D eigenvalue weighted by atomic mass is 127. The van der Waals surface area contributed by atoms with E-state index in [4.69, 9.17) is 28.9 Å². The second-order valence-electron chi connectivity index (χ2n) is 24.9. The minimum absolute atomic E-state index is 0.00335. The van der Waals surface area contributed by atoms with Gasteiger partial charge in [-0.05, 0) is 153 Å². The van der Waals surface area contributed by atoms with Crippen LogP contribution in [0.2, 0.25) is 0 Å². The summed E-state index contributed by atoms with van der Waals surface area (Å²) in [5.41, 5.74) is 8.80. The van der Waals surface area contributed by atoms with Gasteiger partial charge in [0, 0.05) is 105 Å². The van der Waals surface area contributed by atoms with Gasteiger partial charge in [0.25, 0.3) is 0 Å². The van der Waals surface area contributed by atoms with Gasteiger partial charge in [0.15, 0.2) is 5.11 Å². The van der Waals surface area contributed by atoms with E-state index in [2.05, 4.69) is 65.1 Å². The molecule has 3 aromatic rings. The minimum Gasteiger partial charge on any atom is -0.481 e. The molecule has 37 nitrogen and oxygen atoms in total. The van der Waals surface area contributed by atoms with Crippen LogP contribution in [0, 0.1) is 3.57 Å². The molecule has 1 fully saturated rings. The first kappa shape index (κ1) is 88.3. The zero-order valence-electron chi connectivity index (χ0n) is 58.3. The van der Waals surface area contributed by atoms with Crippen LogP contribution in [0.1, 0.15) is 87.3 Å². The number of halogens is 1. The number of anilines is 2. The second kappa shape index (κ2) is 47.4. The smallest absolute Gasteiger partial charge is 0.326 e. The number of nitrogens with zero attached hydrogens (tertiary/aromatic N) is 5. The molecule has 582 valence electrons. The van der Waals surface area contributed by atoms with Gasteiger partial charge >= 0.3 is 59.8 Å². The van der Waals surface area contributed by atoms with E-state index in [1.54, 1.807) is 56.0 Å². The fourth-order valence-corrected chi connectivity index (χ4v) is 11.7. The molecule has 0 spiro atoms. The summed E-state index contributed by atoms with van der Waals surface area (Å²) in [6, 6.07) is 12.5. The highest BCUT2D eigenvalue weighted by Gasteiger charge is 2.31. The predicted octanol–water partition coefficient (Wildman–Crippen LogP) is 0.298. The summed E-state index contributed by atoms with van der Waals surface area (Å²) in [7, 11) is 0. The third kappa shape index (κ3) is 36.1. The summed E-state index contributed by atoms with van der Waals surface area (Å²) in [6.07, 6.45) is 2.09. The van der Waals surface area contributed by atoms with Crippen molar-refractivity contribution in [1.82, 2.24) is 61.8 Å². The number of benzene rings is 3. The number of carboxylic acid groups (broad SMARTS) is 8. The zero-order chi connectivity index (χ0) is 78.3. The van der Waals surface area contributed by atoms with Crippen molar-refractivity contribution in [2.24, 2.45) is 11.6 Å². The number of carbonyl (C=O) groups is 13. The molecule has 0 bridgehead atoms. The van der Waals surface area contributed by atoms with Crippen molar-refractivity contribution in [2.75, 3.05) is 109 Å². The van der Waals surface area contributed by atoms with Crippen LogP contribution in [0.25, 0.3) is 5.70 Å². The standard InChI is InChI=1S/C67H95IN16O21S/c68-45-17-13-43(14-18-45)33-54(85)71-23-4-2-11-50(62(98)99)77-61(97)49(76-55(86)37-84(70)53(35-69)44-8-7-9-47(34-44)74-65(104)72-24-5-3-12-51(63(100)101)78-66(105)79-52(64(102)103)21-22-56(87)88)10-1-6-25-73-67(106)75-46-19-15-42(16-20-46)32-48-36-82(40-59(93)94)29-28-80(38-57(89)90)26-27-81(39-58(91)92)30-31-83(48)41-60(95)96/h7-9,13-20,34-35,48-52H,1-6,10-12,21-33,36-41,69-70H2,(H,71,85)(H,76,86)(H,77,97)(H,87,88)(H,89,90)(H,91,92)(H,93,94)(H,95,96)(H,98,99)(H,100,101)(H,102,103)(H2,72,74,104)(H2,73,75,106)(H2,78,79,105)/b53-35-. The van der Waals surface area contributed by atoms with Crippen LogP contribution in [-0.4, -0.2) is 276 Å². The lowest BCUT2D eigenvalue weighted by molar-refractivity contribution is -0.142. The Morgan fingerprint density at radius 3 is 1.57 bits per heavy atom. The number of urea groups is 2. The fraction of sp³-hybridized carbons (Fsp3) is 0.493. The fourth-order valence-electron chi connectivity index (χ4n) is 11.1. The van der Waals surface area contributed by atoms with Crippen LogP contribution in [0.5, 0.6) is 0 Å². The van der Waals surface area contributed by atoms with E-state index in [0.29, 0.717) is 30.5 Å². The Balaban J connectivity index is 1.39. The number of carboxylic acids is 8. The van der Waals surface area contributed by atoms with Crippen molar-refractivity contribution in [1.29, 1.82) is 0 Å². The molecule has 3 aromatic carbocycles. The van der Waals surface area contributed by atoms with Crippen molar-refractivity contribution in [3.05, 3.63) is 99.3 Å². The van der Waals surface area contributed by atoms with E-state index >= 15 is 0 Å². The molecule has 0 saturated carbocycles. The van der Waals surface area contributed by atoms with Gasteiger partial charge in [0.2, 0.25) is 17.7 Å². The Morgan fingerprint density at radius 1 is 0.519 bits per heavy atom. The number of nitrogens with one attached hydrogen (secondary N) is 9. The Morgan fingerprint density at radius 2 is 1.02 bits per heavy atom. The molecule has 0 aromatic heterocycles. The van der Waals surface area contributed by atoms with Crippen LogP contribution in [0.4, 0.5) is 21.0 Å². The normalized spacial score (nSPS) is 15.2. The number of rotatable bonds is 44. The molecule has 0 aliphatic carbocycles. The van der Waals surface area contributed by atoms with E-state index in [0.717, 1.165) is 25.9 Å². The number of carbonyl (C=O) groups excluding carboxylic acids is 5. The summed E-state index contributed by atoms with van der Waals surface area (Å²) in [5.74, 6) is -5.49. The van der Waals surface area contributed by atoms with Gasteiger partial charge in [-0.25, -0.2) is 29.8 Å². The first-order valence-electron chi connectivity index (χ1n) is 34.0. The van der Waals surface area contributed by atoms with E-state index in [9.17, 15) is 98.1 Å². The van der Waals surface area contributed by atoms with Gasteiger partial charge in [-0.3, -0.25) is 63.0 Å². The van der Waals surface area contributed by atoms with Crippen molar-refractivity contribution in [3.8, 4) is 0 Å². The molecular formula is C67H95IN16O21S. The molecule has 1 saturated heterocycles. The van der Waals surface area contributed by atoms with Crippen molar-refractivity contribution in [3.63, 3.8) is 0 Å². The molecule has 106 heavy (non-hydrogen) atoms. The van der Waals surface area contributed by atoms with Gasteiger partial charge in [-0.15, -0.1) is 0 Å². The van der Waals surface area contributed by atoms with Crippen LogP contribution >= 0.6 is 34.8 Å². The van der Waals surface area contributed by atoms with Gasteiger partial charge in [0.1, 0.15) is 30.7 Å². The lowest BCUT2D eigenvalue weighted by Gasteiger charge is -2.37. The molecule has 4 rings (SSSR count). The number of nitrogens with two attached hydrogens (primary N) is 2. The summed E-state index contributed by atoms with van der Waals surface area (Å²) < 4.78 is 1.01. The number of aliphatic carboxylic acids is 8. The Kier molecular flexibility index (Phi) is 39.5. The van der Waals surface area contributed by atoms with Gasteiger partial charge in [0.05, 0.1) is 38.3 Å². The Hall–Kier alpha value is -10.1. The summed E-state index contributed by atoms with van der Waals surface area (Å²) in [4.78, 5) is 167. The third-order valence-corrected chi connectivity index (χ3v) is 17.5. The topological polar surface area (TPSA) is 560 Å². The van der Waals surface area contributed by atoms with E-state index in [1.165, 1.54) is 12.1 Å². The highest BCUT2D eigenvalue weighted by Crippen LogP contribution is 2.21. The van der Waals surface area contributed by atoms with E-state index < -0.39 is 134 Å². The first-order chi connectivity index (χ1) is 50.4. The molecule has 21 N–H and O–H groups in total. The number of hydrogen-bond acceptors (Lipinski definition) is 21. The first-order valence-corrected chi connectivity index (χ1v) is 35.4. The molecule has 39 heteroatoms. The highest BCUT2D eigenvalue weighted by molar-refractivity contribution is 14.1. The monoisotopic (exact) mass is 1620 g/mol. The number of thiocarbonyl (C=S) groups is 1. The SMILES string of the molecule is N/C=C(/c1cccc(NC(=O)NCCCCC(NC(=O)NC(CCC(=O)O)C(=O)O)C(=O)O)c1)N(N)CC(=O)NC(CCCCNC(=S)Nc1ccc(CC2CN(CC(=O)O)CCN(CC(=O)O)CCN(CC(=O)O)CCN2CC(=O)O)cc1)C(=O)NC(CCCCNC(=O)Cc1ccc(I)cc1)C(=O)O. The summed E-state index contributed by atoms with van der Waals surface area (Å²) in [6.45, 7) is -0.777. The minimum atomic E-state index is -1.58. The zero-order valence-corrected chi connectivity index (χ0v) is 61.2. The summed E-state index contributed by atoms with van der Waals surface area (Å²) in [5, 5.41) is 102. The van der Waals surface area contributed by atoms with Crippen molar-refractivity contribution < 1.29 is 103 Å². The number of unbranched alkanes of at least 4 members (excludes halogenated alkanes) is 3. The van der Waals surface area contributed by atoms with Crippen LogP contribution in [0.15, 0.2) is 79.0 Å². The van der Waals surface area contributed by atoms with Gasteiger partial charge < -0.3 is 94.4 Å². The molecule has 5 unspecified atom stereocenters. The second-order valence-corrected chi connectivity index (χ2v) is 26.6. The molecule has 7 amide bonds. The van der Waals surface area contributed by atoms with E-state index in [-0.39, 0.29) is 152 Å². The average Bonchev–Trinajstić information content (AvgIpc) is 0.853. The lowest BCUT2D eigenvalue weighted by Crippen LogP contribution is -2.53.